The van der Waals surface area contributed by atoms with E-state index in [4.69, 9.17) is 10.5 Å². The number of nitrogens with zero attached hydrogens (tertiary/aromatic N) is 1. The first-order valence-electron chi connectivity index (χ1n) is 7.34. The summed E-state index contributed by atoms with van der Waals surface area (Å²) in [5.41, 5.74) is 7.29. The first kappa shape index (κ1) is 17.5. The minimum absolute atomic E-state index is 0.0857. The third-order valence-corrected chi connectivity index (χ3v) is 3.32. The number of hydrogen-bond acceptors (Lipinski definition) is 3. The second-order valence-electron chi connectivity index (χ2n) is 6.83. The van der Waals surface area contributed by atoms with Crippen molar-refractivity contribution >= 4 is 5.91 Å². The van der Waals surface area contributed by atoms with E-state index in [1.165, 1.54) is 0 Å². The Hall–Kier alpha value is -1.55. The van der Waals surface area contributed by atoms with Crippen molar-refractivity contribution in [2.45, 2.75) is 46.2 Å². The molecule has 1 rings (SSSR count). The molecule has 1 aromatic rings. The first-order chi connectivity index (χ1) is 9.71. The number of nitrogens with two attached hydrogens (primary N) is 1. The van der Waals surface area contributed by atoms with Gasteiger partial charge in [0.1, 0.15) is 5.75 Å². The molecule has 0 heterocycles. The highest BCUT2D eigenvalue weighted by Gasteiger charge is 2.19. The number of rotatable bonds is 6. The first-order valence-corrected chi connectivity index (χ1v) is 7.34. The van der Waals surface area contributed by atoms with Gasteiger partial charge in [0, 0.05) is 26.1 Å². The molecule has 21 heavy (non-hydrogen) atoms. The van der Waals surface area contributed by atoms with Gasteiger partial charge in [-0.05, 0) is 29.5 Å². The Morgan fingerprint density at radius 1 is 1.29 bits per heavy atom. The largest absolute Gasteiger partial charge is 0.497 e. The molecule has 0 aliphatic carbocycles. The lowest BCUT2D eigenvalue weighted by Gasteiger charge is -2.25. The molecular weight excluding hydrogens is 264 g/mol. The van der Waals surface area contributed by atoms with E-state index in [2.05, 4.69) is 20.8 Å². The third kappa shape index (κ3) is 6.63. The highest BCUT2D eigenvalue weighted by atomic mass is 16.5. The summed E-state index contributed by atoms with van der Waals surface area (Å²) in [6.07, 6.45) is 1.24. The summed E-state index contributed by atoms with van der Waals surface area (Å²) in [5, 5.41) is 0. The van der Waals surface area contributed by atoms with Gasteiger partial charge in [-0.25, -0.2) is 0 Å². The minimum Gasteiger partial charge on any atom is -0.497 e. The lowest BCUT2D eigenvalue weighted by Crippen LogP contribution is -2.35. The van der Waals surface area contributed by atoms with Crippen LogP contribution in [0, 0.1) is 5.41 Å². The summed E-state index contributed by atoms with van der Waals surface area (Å²) in [5.74, 6) is 0.905. The molecule has 0 bridgehead atoms. The number of carbonyl (C=O) groups excluding carboxylic acids is 1. The molecule has 0 saturated carbocycles. The average Bonchev–Trinajstić information content (AvgIpc) is 2.37. The van der Waals surface area contributed by atoms with Crippen LogP contribution in [0.4, 0.5) is 0 Å². The van der Waals surface area contributed by atoms with Gasteiger partial charge in [0.05, 0.1) is 7.11 Å². The monoisotopic (exact) mass is 292 g/mol. The smallest absolute Gasteiger partial charge is 0.224 e. The van der Waals surface area contributed by atoms with Crippen LogP contribution in [0.2, 0.25) is 0 Å². The normalized spacial score (nSPS) is 12.9. The predicted octanol–water partition coefficient (Wildman–Crippen LogP) is 2.81. The molecule has 0 aliphatic heterocycles. The molecular formula is C17H28N2O2. The van der Waals surface area contributed by atoms with Gasteiger partial charge in [0.2, 0.25) is 5.91 Å². The molecule has 118 valence electrons. The fourth-order valence-corrected chi connectivity index (χ4v) is 2.33. The van der Waals surface area contributed by atoms with Gasteiger partial charge in [-0.3, -0.25) is 4.79 Å². The zero-order valence-corrected chi connectivity index (χ0v) is 13.8. The predicted molar refractivity (Wildman–Crippen MR) is 86.1 cm³/mol. The summed E-state index contributed by atoms with van der Waals surface area (Å²) in [7, 11) is 3.46. The van der Waals surface area contributed by atoms with Crippen LogP contribution in [0.15, 0.2) is 24.3 Å². The van der Waals surface area contributed by atoms with E-state index < -0.39 is 0 Å². The van der Waals surface area contributed by atoms with Crippen LogP contribution >= 0.6 is 0 Å². The number of hydrogen-bond donors (Lipinski definition) is 1. The van der Waals surface area contributed by atoms with Crippen LogP contribution in [-0.4, -0.2) is 31.0 Å². The van der Waals surface area contributed by atoms with Crippen LogP contribution in [0.3, 0.4) is 0 Å². The number of carbonyl (C=O) groups is 1. The maximum atomic E-state index is 12.2. The van der Waals surface area contributed by atoms with Crippen LogP contribution in [-0.2, 0) is 11.3 Å². The quantitative estimate of drug-likeness (QED) is 0.877. The highest BCUT2D eigenvalue weighted by molar-refractivity contribution is 5.76. The number of amides is 1. The van der Waals surface area contributed by atoms with E-state index in [0.717, 1.165) is 17.7 Å². The second-order valence-corrected chi connectivity index (χ2v) is 6.83. The van der Waals surface area contributed by atoms with Crippen LogP contribution < -0.4 is 10.5 Å². The van der Waals surface area contributed by atoms with Gasteiger partial charge < -0.3 is 15.4 Å². The van der Waals surface area contributed by atoms with Gasteiger partial charge in [-0.2, -0.15) is 0 Å². The topological polar surface area (TPSA) is 55.6 Å². The molecule has 1 atom stereocenters. The molecule has 1 amide bonds. The van der Waals surface area contributed by atoms with Gasteiger partial charge in [0.15, 0.2) is 0 Å². The Kier molecular flexibility index (Phi) is 6.21. The van der Waals surface area contributed by atoms with Crippen molar-refractivity contribution in [2.75, 3.05) is 14.2 Å². The Morgan fingerprint density at radius 3 is 2.33 bits per heavy atom. The minimum atomic E-state index is -0.0872. The molecule has 2 N–H and O–H groups in total. The van der Waals surface area contributed by atoms with E-state index in [0.29, 0.717) is 13.0 Å². The van der Waals surface area contributed by atoms with Gasteiger partial charge >= 0.3 is 0 Å². The fourth-order valence-electron chi connectivity index (χ4n) is 2.33. The molecule has 0 spiro atoms. The third-order valence-electron chi connectivity index (χ3n) is 3.32. The molecule has 0 fully saturated rings. The molecule has 1 aromatic carbocycles. The summed E-state index contributed by atoms with van der Waals surface area (Å²) < 4.78 is 5.12. The Morgan fingerprint density at radius 2 is 1.86 bits per heavy atom. The van der Waals surface area contributed by atoms with Crippen LogP contribution in [0.1, 0.15) is 39.2 Å². The van der Waals surface area contributed by atoms with E-state index >= 15 is 0 Å². The summed E-state index contributed by atoms with van der Waals surface area (Å²) in [6.45, 7) is 7.00. The lowest BCUT2D eigenvalue weighted by molar-refractivity contribution is -0.130. The zero-order chi connectivity index (χ0) is 16.0. The Labute approximate surface area is 128 Å². The van der Waals surface area contributed by atoms with Crippen LogP contribution in [0.5, 0.6) is 5.75 Å². The van der Waals surface area contributed by atoms with Crippen molar-refractivity contribution < 1.29 is 9.53 Å². The van der Waals surface area contributed by atoms with E-state index in [-0.39, 0.29) is 17.4 Å². The molecule has 0 aromatic heterocycles. The van der Waals surface area contributed by atoms with Crippen LogP contribution in [0.25, 0.3) is 0 Å². The maximum Gasteiger partial charge on any atom is 0.224 e. The van der Waals surface area contributed by atoms with Gasteiger partial charge in [-0.1, -0.05) is 32.9 Å². The van der Waals surface area contributed by atoms with E-state index in [1.807, 2.05) is 31.3 Å². The molecule has 4 nitrogen and oxygen atoms in total. The zero-order valence-electron chi connectivity index (χ0n) is 13.8. The number of ether oxygens (including phenoxy) is 1. The summed E-state index contributed by atoms with van der Waals surface area (Å²) in [6, 6.07) is 7.66. The summed E-state index contributed by atoms with van der Waals surface area (Å²) >= 11 is 0. The molecule has 0 radical (unpaired) electrons. The number of benzene rings is 1. The van der Waals surface area contributed by atoms with E-state index in [9.17, 15) is 4.79 Å². The van der Waals surface area contributed by atoms with Crippen molar-refractivity contribution in [3.63, 3.8) is 0 Å². The highest BCUT2D eigenvalue weighted by Crippen LogP contribution is 2.21. The van der Waals surface area contributed by atoms with Crippen molar-refractivity contribution in [1.29, 1.82) is 0 Å². The van der Waals surface area contributed by atoms with E-state index in [1.54, 1.807) is 12.0 Å². The Balaban J connectivity index is 2.50. The van der Waals surface area contributed by atoms with Crippen molar-refractivity contribution in [3.05, 3.63) is 29.8 Å². The number of methoxy groups -OCH3 is 1. The maximum absolute atomic E-state index is 12.2. The average molecular weight is 292 g/mol. The van der Waals surface area contributed by atoms with Crippen molar-refractivity contribution in [3.8, 4) is 5.75 Å². The Bertz CT molecular complexity index is 449. The molecule has 0 saturated heterocycles. The van der Waals surface area contributed by atoms with Crippen molar-refractivity contribution in [2.24, 2.45) is 11.1 Å². The SMILES string of the molecule is COc1ccc(CN(C)C(=O)CC(N)CC(C)(C)C)cc1. The van der Waals surface area contributed by atoms with Gasteiger partial charge in [-0.15, -0.1) is 0 Å². The molecule has 0 aliphatic rings. The van der Waals surface area contributed by atoms with Crippen molar-refractivity contribution in [1.82, 2.24) is 4.90 Å². The molecule has 4 heteroatoms. The summed E-state index contributed by atoms with van der Waals surface area (Å²) in [4.78, 5) is 13.9. The standard InChI is InChI=1S/C17H28N2O2/c1-17(2,3)11-14(18)10-16(20)19(4)12-13-6-8-15(21-5)9-7-13/h6-9,14H,10-12,18H2,1-5H3. The lowest BCUT2D eigenvalue weighted by atomic mass is 9.87. The second kappa shape index (κ2) is 7.46. The fraction of sp³-hybridized carbons (Fsp3) is 0.588. The molecule has 1 unspecified atom stereocenters. The van der Waals surface area contributed by atoms with Gasteiger partial charge in [0.25, 0.3) is 0 Å².